The fraction of sp³-hybridized carbons (Fsp3) is 0.375. The highest BCUT2D eigenvalue weighted by Crippen LogP contribution is 2.19. The molecule has 3 aromatic rings. The van der Waals surface area contributed by atoms with Gasteiger partial charge in [-0.1, -0.05) is 6.07 Å². The van der Waals surface area contributed by atoms with E-state index in [9.17, 15) is 0 Å². The summed E-state index contributed by atoms with van der Waals surface area (Å²) in [5.74, 6) is 2.28. The number of pyridine rings is 1. The Bertz CT molecular complexity index is 879. The van der Waals surface area contributed by atoms with Gasteiger partial charge in [0.1, 0.15) is 5.82 Å². The van der Waals surface area contributed by atoms with Crippen LogP contribution in [0.25, 0.3) is 5.82 Å². The maximum absolute atomic E-state index is 5.84. The zero-order chi connectivity index (χ0) is 17.8. The summed E-state index contributed by atoms with van der Waals surface area (Å²) in [6.07, 6.45) is 0. The van der Waals surface area contributed by atoms with Crippen LogP contribution in [0.5, 0.6) is 5.88 Å². The predicted molar refractivity (Wildman–Crippen MR) is 88.2 cm³/mol. The highest BCUT2D eigenvalue weighted by molar-refractivity contribution is 5.29. The average molecular weight is 341 g/mol. The first-order valence-electron chi connectivity index (χ1n) is 7.75. The number of aryl methyl sites for hydroxylation is 2. The van der Waals surface area contributed by atoms with E-state index in [0.717, 1.165) is 17.0 Å². The zero-order valence-corrected chi connectivity index (χ0v) is 14.6. The van der Waals surface area contributed by atoms with Crippen LogP contribution in [0.4, 0.5) is 0 Å². The Hall–Kier alpha value is -2.94. The summed E-state index contributed by atoms with van der Waals surface area (Å²) in [5, 5.41) is 11.7. The number of methoxy groups -OCH3 is 1. The number of hydrogen-bond acceptors (Lipinski definition) is 8. The molecule has 9 nitrogen and oxygen atoms in total. The molecule has 0 fully saturated rings. The van der Waals surface area contributed by atoms with Crippen molar-refractivity contribution >= 4 is 0 Å². The van der Waals surface area contributed by atoms with Gasteiger partial charge in [-0.05, 0) is 43.3 Å². The van der Waals surface area contributed by atoms with Crippen molar-refractivity contribution in [2.75, 3.05) is 7.11 Å². The summed E-state index contributed by atoms with van der Waals surface area (Å²) in [5.41, 5.74) is 2.51. The lowest BCUT2D eigenvalue weighted by Crippen LogP contribution is -2.11. The van der Waals surface area contributed by atoms with Gasteiger partial charge >= 0.3 is 0 Å². The molecule has 0 aromatic carbocycles. The fourth-order valence-electron chi connectivity index (χ4n) is 2.33. The van der Waals surface area contributed by atoms with Gasteiger partial charge in [0.2, 0.25) is 5.88 Å². The molecule has 3 aromatic heterocycles. The van der Waals surface area contributed by atoms with Gasteiger partial charge in [-0.2, -0.15) is 9.67 Å². The van der Waals surface area contributed by atoms with Crippen LogP contribution < -0.4 is 4.74 Å². The Labute approximate surface area is 145 Å². The summed E-state index contributed by atoms with van der Waals surface area (Å²) < 4.78 is 12.6. The molecule has 0 N–H and O–H groups in total. The average Bonchev–Trinajstić information content (AvgIpc) is 3.05. The van der Waals surface area contributed by atoms with E-state index in [2.05, 4.69) is 30.5 Å². The number of rotatable bonds is 6. The van der Waals surface area contributed by atoms with Crippen LogP contribution in [-0.2, 0) is 18.0 Å². The van der Waals surface area contributed by atoms with E-state index in [1.807, 2.05) is 39.0 Å². The molecule has 25 heavy (non-hydrogen) atoms. The SMILES string of the molecule is COCc1nc(C)nc(OCc2nnnn2-c2cccc(C)n2)c1C. The molecule has 0 bridgehead atoms. The fourth-order valence-corrected chi connectivity index (χ4v) is 2.33. The first kappa shape index (κ1) is 16.9. The third-order valence-electron chi connectivity index (χ3n) is 3.56. The van der Waals surface area contributed by atoms with Gasteiger partial charge < -0.3 is 9.47 Å². The number of tetrazole rings is 1. The minimum atomic E-state index is 0.159. The second-order valence-corrected chi connectivity index (χ2v) is 5.51. The quantitative estimate of drug-likeness (QED) is 0.665. The smallest absolute Gasteiger partial charge is 0.220 e. The molecule has 3 rings (SSSR count). The summed E-state index contributed by atoms with van der Waals surface area (Å²) in [6.45, 7) is 6.18. The van der Waals surface area contributed by atoms with Crippen molar-refractivity contribution in [2.24, 2.45) is 0 Å². The lowest BCUT2D eigenvalue weighted by Gasteiger charge is -2.11. The molecule has 9 heteroatoms. The second kappa shape index (κ2) is 7.31. The highest BCUT2D eigenvalue weighted by Gasteiger charge is 2.14. The van der Waals surface area contributed by atoms with E-state index >= 15 is 0 Å². The topological polar surface area (TPSA) is 101 Å². The van der Waals surface area contributed by atoms with Gasteiger partial charge in [0.25, 0.3) is 0 Å². The van der Waals surface area contributed by atoms with E-state index in [1.54, 1.807) is 11.8 Å². The first-order valence-corrected chi connectivity index (χ1v) is 7.75. The molecule has 0 unspecified atom stereocenters. The van der Waals surface area contributed by atoms with Gasteiger partial charge in [0, 0.05) is 18.4 Å². The summed E-state index contributed by atoms with van der Waals surface area (Å²) >= 11 is 0. The number of ether oxygens (including phenoxy) is 2. The van der Waals surface area contributed by atoms with Crippen LogP contribution in [0, 0.1) is 20.8 Å². The van der Waals surface area contributed by atoms with Gasteiger partial charge in [0.05, 0.1) is 12.3 Å². The Morgan fingerprint density at radius 3 is 2.64 bits per heavy atom. The van der Waals surface area contributed by atoms with E-state index in [-0.39, 0.29) is 6.61 Å². The standard InChI is InChI=1S/C16H19N7O2/c1-10-6-5-7-14(17-10)23-15(20-21-22-23)9-25-16-11(2)13(8-24-4)18-12(3)19-16/h5-7H,8-9H2,1-4H3. The largest absolute Gasteiger partial charge is 0.469 e. The van der Waals surface area contributed by atoms with Crippen molar-refractivity contribution in [1.29, 1.82) is 0 Å². The molecule has 3 heterocycles. The normalized spacial score (nSPS) is 10.9. The lowest BCUT2D eigenvalue weighted by molar-refractivity contribution is 0.179. The van der Waals surface area contributed by atoms with E-state index in [4.69, 9.17) is 9.47 Å². The maximum Gasteiger partial charge on any atom is 0.220 e. The molecular weight excluding hydrogens is 322 g/mol. The molecule has 0 saturated carbocycles. The van der Waals surface area contributed by atoms with Crippen molar-refractivity contribution in [2.45, 2.75) is 34.0 Å². The molecule has 0 aliphatic rings. The van der Waals surface area contributed by atoms with Crippen LogP contribution in [0.2, 0.25) is 0 Å². The van der Waals surface area contributed by atoms with Gasteiger partial charge in [0.15, 0.2) is 18.2 Å². The number of aromatic nitrogens is 7. The molecule has 0 aliphatic carbocycles. The zero-order valence-electron chi connectivity index (χ0n) is 14.6. The van der Waals surface area contributed by atoms with Crippen LogP contribution in [0.1, 0.15) is 28.6 Å². The Balaban J connectivity index is 1.83. The first-order chi connectivity index (χ1) is 12.1. The molecule has 130 valence electrons. The van der Waals surface area contributed by atoms with E-state index in [0.29, 0.717) is 30.0 Å². The van der Waals surface area contributed by atoms with Gasteiger partial charge in [-0.15, -0.1) is 5.10 Å². The van der Waals surface area contributed by atoms with Gasteiger partial charge in [-0.25, -0.2) is 9.97 Å². The maximum atomic E-state index is 5.84. The van der Waals surface area contributed by atoms with Crippen molar-refractivity contribution < 1.29 is 9.47 Å². The van der Waals surface area contributed by atoms with Gasteiger partial charge in [-0.3, -0.25) is 0 Å². The third-order valence-corrected chi connectivity index (χ3v) is 3.56. The highest BCUT2D eigenvalue weighted by atomic mass is 16.5. The summed E-state index contributed by atoms with van der Waals surface area (Å²) in [6, 6.07) is 5.65. The molecule has 0 amide bonds. The monoisotopic (exact) mass is 341 g/mol. The Kier molecular flexibility index (Phi) is 4.94. The Morgan fingerprint density at radius 1 is 1.04 bits per heavy atom. The number of hydrogen-bond donors (Lipinski definition) is 0. The van der Waals surface area contributed by atoms with Crippen LogP contribution in [-0.4, -0.2) is 42.3 Å². The molecule has 0 spiro atoms. The van der Waals surface area contributed by atoms with Crippen molar-refractivity contribution in [3.63, 3.8) is 0 Å². The van der Waals surface area contributed by atoms with Crippen molar-refractivity contribution in [3.8, 4) is 11.7 Å². The van der Waals surface area contributed by atoms with Crippen LogP contribution in [0.3, 0.4) is 0 Å². The molecular formula is C16H19N7O2. The predicted octanol–water partition coefficient (Wildman–Crippen LogP) is 1.50. The van der Waals surface area contributed by atoms with Crippen molar-refractivity contribution in [3.05, 3.63) is 46.8 Å². The second-order valence-electron chi connectivity index (χ2n) is 5.51. The van der Waals surface area contributed by atoms with Crippen LogP contribution in [0.15, 0.2) is 18.2 Å². The number of nitrogens with zero attached hydrogens (tertiary/aromatic N) is 7. The van der Waals surface area contributed by atoms with E-state index in [1.165, 1.54) is 0 Å². The third kappa shape index (κ3) is 3.77. The molecule has 0 saturated heterocycles. The molecule has 0 radical (unpaired) electrons. The van der Waals surface area contributed by atoms with Crippen LogP contribution >= 0.6 is 0 Å². The molecule has 0 atom stereocenters. The van der Waals surface area contributed by atoms with Crippen molar-refractivity contribution in [1.82, 2.24) is 35.2 Å². The lowest BCUT2D eigenvalue weighted by atomic mass is 10.2. The minimum absolute atomic E-state index is 0.159. The van der Waals surface area contributed by atoms with E-state index < -0.39 is 0 Å². The minimum Gasteiger partial charge on any atom is -0.469 e. The summed E-state index contributed by atoms with van der Waals surface area (Å²) in [7, 11) is 1.63. The summed E-state index contributed by atoms with van der Waals surface area (Å²) in [4.78, 5) is 13.1. The molecule has 0 aliphatic heterocycles. The Morgan fingerprint density at radius 2 is 1.88 bits per heavy atom.